The van der Waals surface area contributed by atoms with Gasteiger partial charge in [-0.25, -0.2) is 0 Å². The zero-order chi connectivity index (χ0) is 16.1. The summed E-state index contributed by atoms with van der Waals surface area (Å²) in [6.07, 6.45) is 0. The SMILES string of the molecule is CC(C)c1ccc(C(=O)Nc2ccc(CO)c(CO)c2)cc1. The number of hydrogen-bond acceptors (Lipinski definition) is 3. The molecule has 0 unspecified atom stereocenters. The molecule has 4 nitrogen and oxygen atoms in total. The fourth-order valence-electron chi connectivity index (χ4n) is 2.23. The number of aliphatic hydroxyl groups is 2. The van der Waals surface area contributed by atoms with Crippen LogP contribution in [-0.2, 0) is 13.2 Å². The van der Waals surface area contributed by atoms with Crippen molar-refractivity contribution in [3.05, 3.63) is 64.7 Å². The van der Waals surface area contributed by atoms with Crippen LogP contribution < -0.4 is 5.32 Å². The molecule has 0 saturated heterocycles. The highest BCUT2D eigenvalue weighted by Crippen LogP contribution is 2.18. The lowest BCUT2D eigenvalue weighted by atomic mass is 10.0. The second-order valence-corrected chi connectivity index (χ2v) is 5.53. The lowest BCUT2D eigenvalue weighted by Crippen LogP contribution is -2.12. The average Bonchev–Trinajstić information content (AvgIpc) is 2.54. The van der Waals surface area contributed by atoms with E-state index in [9.17, 15) is 15.0 Å². The minimum Gasteiger partial charge on any atom is -0.392 e. The summed E-state index contributed by atoms with van der Waals surface area (Å²) in [5.41, 5.74) is 3.63. The molecule has 2 rings (SSSR count). The van der Waals surface area contributed by atoms with E-state index in [-0.39, 0.29) is 19.1 Å². The molecule has 0 radical (unpaired) electrons. The third-order valence-electron chi connectivity index (χ3n) is 3.64. The van der Waals surface area contributed by atoms with Gasteiger partial charge in [-0.15, -0.1) is 0 Å². The van der Waals surface area contributed by atoms with Gasteiger partial charge in [0.1, 0.15) is 0 Å². The van der Waals surface area contributed by atoms with Crippen molar-refractivity contribution in [2.75, 3.05) is 5.32 Å². The molecule has 22 heavy (non-hydrogen) atoms. The lowest BCUT2D eigenvalue weighted by molar-refractivity contribution is 0.102. The van der Waals surface area contributed by atoms with Crippen molar-refractivity contribution in [2.24, 2.45) is 0 Å². The molecule has 0 aliphatic heterocycles. The Morgan fingerprint density at radius 3 is 2.18 bits per heavy atom. The first kappa shape index (κ1) is 16.2. The summed E-state index contributed by atoms with van der Waals surface area (Å²) in [4.78, 5) is 12.2. The van der Waals surface area contributed by atoms with Crippen LogP contribution in [0.25, 0.3) is 0 Å². The van der Waals surface area contributed by atoms with Gasteiger partial charge in [-0.2, -0.15) is 0 Å². The average molecular weight is 299 g/mol. The highest BCUT2D eigenvalue weighted by atomic mass is 16.3. The predicted octanol–water partition coefficient (Wildman–Crippen LogP) is 3.05. The third-order valence-corrected chi connectivity index (χ3v) is 3.64. The maximum absolute atomic E-state index is 12.2. The normalized spacial score (nSPS) is 10.8. The Morgan fingerprint density at radius 2 is 1.64 bits per heavy atom. The van der Waals surface area contributed by atoms with Crippen LogP contribution in [-0.4, -0.2) is 16.1 Å². The van der Waals surface area contributed by atoms with Crippen LogP contribution in [0.2, 0.25) is 0 Å². The van der Waals surface area contributed by atoms with Crippen LogP contribution in [0.15, 0.2) is 42.5 Å². The van der Waals surface area contributed by atoms with Crippen molar-refractivity contribution in [3.8, 4) is 0 Å². The molecule has 0 bridgehead atoms. The molecule has 0 aliphatic carbocycles. The Kier molecular flexibility index (Phi) is 5.31. The van der Waals surface area contributed by atoms with Crippen molar-refractivity contribution in [1.82, 2.24) is 0 Å². The largest absolute Gasteiger partial charge is 0.392 e. The van der Waals surface area contributed by atoms with Crippen molar-refractivity contribution in [3.63, 3.8) is 0 Å². The van der Waals surface area contributed by atoms with Crippen LogP contribution in [0.1, 0.15) is 46.8 Å². The summed E-state index contributed by atoms with van der Waals surface area (Å²) in [5, 5.41) is 21.3. The molecular formula is C18H21NO3. The van der Waals surface area contributed by atoms with Crippen molar-refractivity contribution < 1.29 is 15.0 Å². The maximum atomic E-state index is 12.2. The Balaban J connectivity index is 2.14. The molecule has 2 aromatic rings. The quantitative estimate of drug-likeness (QED) is 0.794. The summed E-state index contributed by atoms with van der Waals surface area (Å²) in [7, 11) is 0. The van der Waals surface area contributed by atoms with E-state index < -0.39 is 0 Å². The number of anilines is 1. The van der Waals surface area contributed by atoms with E-state index in [2.05, 4.69) is 19.2 Å². The molecule has 0 aliphatic rings. The molecular weight excluding hydrogens is 278 g/mol. The van der Waals surface area contributed by atoms with Gasteiger partial charge in [0, 0.05) is 11.3 Å². The van der Waals surface area contributed by atoms with Gasteiger partial charge in [0.05, 0.1) is 13.2 Å². The first-order valence-electron chi connectivity index (χ1n) is 7.30. The van der Waals surface area contributed by atoms with E-state index >= 15 is 0 Å². The Hall–Kier alpha value is -2.17. The third kappa shape index (κ3) is 3.72. The van der Waals surface area contributed by atoms with E-state index in [4.69, 9.17) is 0 Å². The Morgan fingerprint density at radius 1 is 1.00 bits per heavy atom. The fourth-order valence-corrected chi connectivity index (χ4v) is 2.23. The highest BCUT2D eigenvalue weighted by Gasteiger charge is 2.09. The van der Waals surface area contributed by atoms with Crippen molar-refractivity contribution in [1.29, 1.82) is 0 Å². The summed E-state index contributed by atoms with van der Waals surface area (Å²) in [5.74, 6) is 0.228. The molecule has 0 aromatic heterocycles. The number of rotatable bonds is 5. The number of nitrogens with one attached hydrogen (secondary N) is 1. The first-order valence-corrected chi connectivity index (χ1v) is 7.30. The van der Waals surface area contributed by atoms with E-state index in [1.165, 1.54) is 5.56 Å². The minimum absolute atomic E-state index is 0.138. The zero-order valence-corrected chi connectivity index (χ0v) is 12.8. The van der Waals surface area contributed by atoms with Gasteiger partial charge < -0.3 is 15.5 Å². The number of amides is 1. The molecule has 3 N–H and O–H groups in total. The van der Waals surface area contributed by atoms with Gasteiger partial charge in [-0.1, -0.05) is 32.0 Å². The van der Waals surface area contributed by atoms with Gasteiger partial charge in [0.25, 0.3) is 5.91 Å². The summed E-state index contributed by atoms with van der Waals surface area (Å²) < 4.78 is 0. The number of carbonyl (C=O) groups excluding carboxylic acids is 1. The molecule has 2 aromatic carbocycles. The number of hydrogen-bond donors (Lipinski definition) is 3. The van der Waals surface area contributed by atoms with Gasteiger partial charge in [-0.05, 0) is 46.9 Å². The second kappa shape index (κ2) is 7.20. The highest BCUT2D eigenvalue weighted by molar-refractivity contribution is 6.04. The molecule has 0 spiro atoms. The van der Waals surface area contributed by atoms with E-state index in [1.54, 1.807) is 30.3 Å². The van der Waals surface area contributed by atoms with Gasteiger partial charge >= 0.3 is 0 Å². The zero-order valence-electron chi connectivity index (χ0n) is 12.8. The van der Waals surface area contributed by atoms with Crippen LogP contribution in [0, 0.1) is 0 Å². The molecule has 4 heteroatoms. The fraction of sp³-hybridized carbons (Fsp3) is 0.278. The first-order chi connectivity index (χ1) is 10.5. The van der Waals surface area contributed by atoms with E-state index in [0.717, 1.165) is 0 Å². The van der Waals surface area contributed by atoms with Crippen LogP contribution >= 0.6 is 0 Å². The minimum atomic E-state index is -0.198. The number of benzene rings is 2. The number of aliphatic hydroxyl groups excluding tert-OH is 2. The Labute approximate surface area is 130 Å². The van der Waals surface area contributed by atoms with Crippen molar-refractivity contribution in [2.45, 2.75) is 33.0 Å². The molecule has 0 saturated carbocycles. The molecule has 1 amide bonds. The van der Waals surface area contributed by atoms with Crippen LogP contribution in [0.4, 0.5) is 5.69 Å². The van der Waals surface area contributed by atoms with Gasteiger partial charge in [0.15, 0.2) is 0 Å². The van der Waals surface area contributed by atoms with Crippen LogP contribution in [0.5, 0.6) is 0 Å². The summed E-state index contributed by atoms with van der Waals surface area (Å²) in [6.45, 7) is 3.89. The summed E-state index contributed by atoms with van der Waals surface area (Å²) >= 11 is 0. The van der Waals surface area contributed by atoms with E-state index in [1.807, 2.05) is 12.1 Å². The van der Waals surface area contributed by atoms with E-state index in [0.29, 0.717) is 28.3 Å². The predicted molar refractivity (Wildman–Crippen MR) is 86.8 cm³/mol. The summed E-state index contributed by atoms with van der Waals surface area (Å²) in [6, 6.07) is 12.6. The van der Waals surface area contributed by atoms with Crippen LogP contribution in [0.3, 0.4) is 0 Å². The topological polar surface area (TPSA) is 69.6 Å². The van der Waals surface area contributed by atoms with Crippen molar-refractivity contribution >= 4 is 11.6 Å². The second-order valence-electron chi connectivity index (χ2n) is 5.53. The molecule has 116 valence electrons. The van der Waals surface area contributed by atoms with Gasteiger partial charge in [-0.3, -0.25) is 4.79 Å². The Bertz CT molecular complexity index is 648. The van der Waals surface area contributed by atoms with Gasteiger partial charge in [0.2, 0.25) is 0 Å². The maximum Gasteiger partial charge on any atom is 0.255 e. The smallest absolute Gasteiger partial charge is 0.255 e. The molecule has 0 fully saturated rings. The number of carbonyl (C=O) groups is 1. The standard InChI is InChI=1S/C18H21NO3/c1-12(2)13-3-5-14(6-4-13)18(22)19-17-8-7-15(10-20)16(9-17)11-21/h3-9,12,20-21H,10-11H2,1-2H3,(H,19,22). The lowest BCUT2D eigenvalue weighted by Gasteiger charge is -2.10. The molecule has 0 atom stereocenters. The monoisotopic (exact) mass is 299 g/mol. The molecule has 0 heterocycles.